The zero-order valence-corrected chi connectivity index (χ0v) is 8.49. The highest BCUT2D eigenvalue weighted by atomic mass is 79.9. The van der Waals surface area contributed by atoms with Gasteiger partial charge >= 0.3 is 0 Å². The first kappa shape index (κ1) is 8.54. The Kier molecular flexibility index (Phi) is 2.12. The van der Waals surface area contributed by atoms with Gasteiger partial charge in [-0.25, -0.2) is 0 Å². The monoisotopic (exact) mass is 206 g/mol. The van der Waals surface area contributed by atoms with Crippen LogP contribution in [0.2, 0.25) is 0 Å². The average Bonchev–Trinajstić information content (AvgIpc) is 2.08. The van der Waals surface area contributed by atoms with Gasteiger partial charge in [-0.2, -0.15) is 0 Å². The Bertz CT molecular complexity index is 133. The largest absolute Gasteiger partial charge is 0.369 e. The minimum atomic E-state index is 0.0868. The van der Waals surface area contributed by atoms with Crippen molar-refractivity contribution in [3.8, 4) is 0 Å². The first-order valence-corrected chi connectivity index (χ1v) is 4.86. The lowest BCUT2D eigenvalue weighted by Crippen LogP contribution is -2.30. The Labute approximate surface area is 71.3 Å². The van der Waals surface area contributed by atoms with E-state index < -0.39 is 0 Å². The maximum atomic E-state index is 5.84. The third kappa shape index (κ3) is 1.73. The molecule has 1 fully saturated rings. The normalized spacial score (nSPS) is 38.4. The molecule has 0 aromatic rings. The van der Waals surface area contributed by atoms with Crippen LogP contribution in [0.4, 0.5) is 0 Å². The maximum Gasteiger partial charge on any atom is 0.0759 e. The van der Waals surface area contributed by atoms with E-state index in [0.29, 0.717) is 0 Å². The first-order chi connectivity index (χ1) is 4.47. The second-order valence-corrected chi connectivity index (χ2v) is 4.51. The molecule has 1 unspecified atom stereocenters. The van der Waals surface area contributed by atoms with Crippen LogP contribution in [-0.2, 0) is 4.74 Å². The number of hydrogen-bond donors (Lipinski definition) is 0. The fourth-order valence-corrected chi connectivity index (χ4v) is 1.82. The van der Waals surface area contributed by atoms with E-state index in [1.165, 1.54) is 12.8 Å². The summed E-state index contributed by atoms with van der Waals surface area (Å²) in [6, 6.07) is 0. The van der Waals surface area contributed by atoms with Gasteiger partial charge in [0, 0.05) is 5.33 Å². The van der Waals surface area contributed by atoms with Crippen LogP contribution in [0.25, 0.3) is 0 Å². The lowest BCUT2D eigenvalue weighted by Gasteiger charge is -2.25. The molecule has 0 N–H and O–H groups in total. The summed E-state index contributed by atoms with van der Waals surface area (Å²) in [6.07, 6.45) is 2.35. The molecule has 1 saturated heterocycles. The summed E-state index contributed by atoms with van der Waals surface area (Å²) in [5.41, 5.74) is 0.187. The SMILES string of the molecule is CC1(C)CCC(C)(CBr)O1. The van der Waals surface area contributed by atoms with E-state index in [9.17, 15) is 0 Å². The molecule has 0 aromatic heterocycles. The Morgan fingerprint density at radius 2 is 1.90 bits per heavy atom. The number of alkyl halides is 1. The van der Waals surface area contributed by atoms with Crippen molar-refractivity contribution in [1.29, 1.82) is 0 Å². The summed E-state index contributed by atoms with van der Waals surface area (Å²) in [5.74, 6) is 0. The third-order valence-corrected chi connectivity index (χ3v) is 3.25. The van der Waals surface area contributed by atoms with Gasteiger partial charge in [0.1, 0.15) is 0 Å². The molecule has 2 heteroatoms. The number of halogens is 1. The number of hydrogen-bond acceptors (Lipinski definition) is 1. The standard InChI is InChI=1S/C8H15BrO/c1-7(2)4-5-8(3,6-9)10-7/h4-6H2,1-3H3. The van der Waals surface area contributed by atoms with Gasteiger partial charge in [0.15, 0.2) is 0 Å². The summed E-state index contributed by atoms with van der Waals surface area (Å²) >= 11 is 3.46. The van der Waals surface area contributed by atoms with Crippen molar-refractivity contribution >= 4 is 15.9 Å². The van der Waals surface area contributed by atoms with Crippen LogP contribution in [0.5, 0.6) is 0 Å². The molecule has 0 radical (unpaired) electrons. The molecular formula is C8H15BrO. The summed E-state index contributed by atoms with van der Waals surface area (Å²) in [5, 5.41) is 0.948. The zero-order chi connectivity index (χ0) is 7.83. The Balaban J connectivity index is 2.57. The highest BCUT2D eigenvalue weighted by Crippen LogP contribution is 2.37. The van der Waals surface area contributed by atoms with E-state index in [4.69, 9.17) is 4.74 Å². The summed E-state index contributed by atoms with van der Waals surface area (Å²) in [4.78, 5) is 0. The predicted molar refractivity (Wildman–Crippen MR) is 46.6 cm³/mol. The maximum absolute atomic E-state index is 5.84. The van der Waals surface area contributed by atoms with Gasteiger partial charge in [0.05, 0.1) is 11.2 Å². The fraction of sp³-hybridized carbons (Fsp3) is 1.00. The fourth-order valence-electron chi connectivity index (χ4n) is 1.43. The molecular weight excluding hydrogens is 192 g/mol. The molecule has 1 rings (SSSR count). The quantitative estimate of drug-likeness (QED) is 0.600. The van der Waals surface area contributed by atoms with E-state index in [-0.39, 0.29) is 11.2 Å². The average molecular weight is 207 g/mol. The van der Waals surface area contributed by atoms with Gasteiger partial charge in [0.2, 0.25) is 0 Å². The summed E-state index contributed by atoms with van der Waals surface area (Å²) in [6.45, 7) is 6.47. The van der Waals surface area contributed by atoms with E-state index >= 15 is 0 Å². The minimum Gasteiger partial charge on any atom is -0.369 e. The Morgan fingerprint density at radius 1 is 1.30 bits per heavy atom. The summed E-state index contributed by atoms with van der Waals surface area (Å²) in [7, 11) is 0. The van der Waals surface area contributed by atoms with Crippen molar-refractivity contribution in [3.05, 3.63) is 0 Å². The molecule has 1 aliphatic heterocycles. The Morgan fingerprint density at radius 3 is 2.10 bits per heavy atom. The van der Waals surface area contributed by atoms with Gasteiger partial charge in [-0.1, -0.05) is 15.9 Å². The molecule has 0 spiro atoms. The molecule has 10 heavy (non-hydrogen) atoms. The molecule has 1 nitrogen and oxygen atoms in total. The number of ether oxygens (including phenoxy) is 1. The molecule has 0 aromatic carbocycles. The molecule has 1 heterocycles. The lowest BCUT2D eigenvalue weighted by molar-refractivity contribution is -0.0609. The van der Waals surface area contributed by atoms with Crippen molar-refractivity contribution in [2.75, 3.05) is 5.33 Å². The van der Waals surface area contributed by atoms with Gasteiger partial charge in [-0.15, -0.1) is 0 Å². The van der Waals surface area contributed by atoms with Gasteiger partial charge < -0.3 is 4.74 Å². The van der Waals surface area contributed by atoms with Crippen molar-refractivity contribution in [1.82, 2.24) is 0 Å². The topological polar surface area (TPSA) is 9.23 Å². The van der Waals surface area contributed by atoms with Crippen LogP contribution < -0.4 is 0 Å². The second kappa shape index (κ2) is 2.49. The lowest BCUT2D eigenvalue weighted by atomic mass is 10.0. The highest BCUT2D eigenvalue weighted by molar-refractivity contribution is 9.09. The van der Waals surface area contributed by atoms with Gasteiger partial charge in [-0.3, -0.25) is 0 Å². The molecule has 1 atom stereocenters. The van der Waals surface area contributed by atoms with Crippen LogP contribution >= 0.6 is 15.9 Å². The summed E-state index contributed by atoms with van der Waals surface area (Å²) < 4.78 is 5.84. The van der Waals surface area contributed by atoms with Crippen LogP contribution in [0.1, 0.15) is 33.6 Å². The van der Waals surface area contributed by atoms with E-state index in [1.807, 2.05) is 0 Å². The van der Waals surface area contributed by atoms with Crippen molar-refractivity contribution < 1.29 is 4.74 Å². The molecule has 0 aliphatic carbocycles. The van der Waals surface area contributed by atoms with Gasteiger partial charge in [0.25, 0.3) is 0 Å². The van der Waals surface area contributed by atoms with Crippen LogP contribution in [0.15, 0.2) is 0 Å². The van der Waals surface area contributed by atoms with Crippen molar-refractivity contribution in [2.45, 2.75) is 44.8 Å². The van der Waals surface area contributed by atoms with Crippen LogP contribution in [-0.4, -0.2) is 16.5 Å². The smallest absolute Gasteiger partial charge is 0.0759 e. The van der Waals surface area contributed by atoms with Crippen LogP contribution in [0.3, 0.4) is 0 Å². The second-order valence-electron chi connectivity index (χ2n) is 3.95. The van der Waals surface area contributed by atoms with Crippen molar-refractivity contribution in [2.24, 2.45) is 0 Å². The molecule has 0 bridgehead atoms. The first-order valence-electron chi connectivity index (χ1n) is 3.74. The zero-order valence-electron chi connectivity index (χ0n) is 6.91. The van der Waals surface area contributed by atoms with E-state index in [0.717, 1.165) is 5.33 Å². The van der Waals surface area contributed by atoms with Gasteiger partial charge in [-0.05, 0) is 33.6 Å². The minimum absolute atomic E-state index is 0.0868. The van der Waals surface area contributed by atoms with E-state index in [1.54, 1.807) is 0 Å². The molecule has 1 aliphatic rings. The van der Waals surface area contributed by atoms with Crippen LogP contribution in [0, 0.1) is 0 Å². The highest BCUT2D eigenvalue weighted by Gasteiger charge is 2.39. The van der Waals surface area contributed by atoms with E-state index in [2.05, 4.69) is 36.7 Å². The molecule has 60 valence electrons. The molecule has 0 saturated carbocycles. The van der Waals surface area contributed by atoms with Crippen molar-refractivity contribution in [3.63, 3.8) is 0 Å². The molecule has 0 amide bonds. The predicted octanol–water partition coefficient (Wildman–Crippen LogP) is 2.73. The number of rotatable bonds is 1. The Hall–Kier alpha value is 0.440. The third-order valence-electron chi connectivity index (χ3n) is 2.06.